The van der Waals surface area contributed by atoms with E-state index in [4.69, 9.17) is 42.3 Å². The van der Waals surface area contributed by atoms with Gasteiger partial charge in [0.2, 0.25) is 18.3 Å². The van der Waals surface area contributed by atoms with Crippen molar-refractivity contribution in [2.24, 2.45) is 0 Å². The number of aliphatic hydroxyl groups excluding tert-OH is 10. The van der Waals surface area contributed by atoms with Crippen molar-refractivity contribution in [2.45, 2.75) is 92.1 Å². The standard InChI is InChI=1S/C43H48O24/c1-59-25-8-16(2-5-21(25)48)3-7-30(50)60-15-29-33(53)36(56)40(67-42-38(58)35(55)32(52)28(14-45)65-42)43(66-29)63-26-12-19-23(61-39(26)17-4-6-20(47)22(49)9-17)10-18(46)11-24(19)62-41-37(57)34(54)31(51)27(13-44)64-41/h2-12,27-29,31-38,40-45,51-58H,13-15H2,1H3,(H3-,46,47,48,49,50)/p+1/t27-,28-,29-,31-,32-,33-,34+,35+,36+,37-,38-,40-,41-,42+,43-/m1/s1. The summed E-state index contributed by atoms with van der Waals surface area (Å²) in [5.41, 5.74) is 0.221. The minimum absolute atomic E-state index is 0.0155. The van der Waals surface area contributed by atoms with E-state index in [1.807, 2.05) is 0 Å². The van der Waals surface area contributed by atoms with Crippen LogP contribution in [0.4, 0.5) is 0 Å². The zero-order valence-corrected chi connectivity index (χ0v) is 35.0. The molecule has 3 fully saturated rings. The van der Waals surface area contributed by atoms with E-state index in [0.29, 0.717) is 5.56 Å². The fraction of sp³-hybridized carbons (Fsp3) is 0.442. The predicted octanol–water partition coefficient (Wildman–Crippen LogP) is -2.34. The van der Waals surface area contributed by atoms with Crippen molar-refractivity contribution in [1.29, 1.82) is 0 Å². The molecule has 0 spiro atoms. The van der Waals surface area contributed by atoms with Crippen LogP contribution in [-0.4, -0.2) is 197 Å². The highest BCUT2D eigenvalue weighted by Gasteiger charge is 2.52. The van der Waals surface area contributed by atoms with Gasteiger partial charge in [0.15, 0.2) is 35.4 Å². The van der Waals surface area contributed by atoms with Crippen LogP contribution >= 0.6 is 0 Å². The van der Waals surface area contributed by atoms with Gasteiger partial charge in [-0.25, -0.2) is 9.21 Å². The van der Waals surface area contributed by atoms with Crippen LogP contribution in [0.3, 0.4) is 0 Å². The first-order valence-corrected chi connectivity index (χ1v) is 20.4. The number of aromatic hydroxyl groups is 4. The van der Waals surface area contributed by atoms with E-state index in [2.05, 4.69) is 0 Å². The number of rotatable bonds is 14. The molecule has 0 radical (unpaired) electrons. The molecule has 4 heterocycles. The molecular weight excluding hydrogens is 900 g/mol. The van der Waals surface area contributed by atoms with E-state index in [9.17, 15) is 76.3 Å². The minimum atomic E-state index is -2.09. The second kappa shape index (κ2) is 20.7. The fourth-order valence-electron chi connectivity index (χ4n) is 7.43. The van der Waals surface area contributed by atoms with Gasteiger partial charge in [0, 0.05) is 24.3 Å². The van der Waals surface area contributed by atoms with E-state index < -0.39 is 141 Å². The summed E-state index contributed by atoms with van der Waals surface area (Å²) < 4.78 is 51.7. The Labute approximate surface area is 378 Å². The predicted molar refractivity (Wildman–Crippen MR) is 220 cm³/mol. The topological polar surface area (TPSA) is 385 Å². The summed E-state index contributed by atoms with van der Waals surface area (Å²) in [7, 11) is 1.33. The van der Waals surface area contributed by atoms with Gasteiger partial charge < -0.3 is 109 Å². The molecule has 3 aromatic carbocycles. The molecule has 4 aromatic rings. The molecular formula is C43H49O24+. The van der Waals surface area contributed by atoms with Crippen LogP contribution in [0.15, 0.2) is 65.1 Å². The third kappa shape index (κ3) is 10.4. The molecule has 3 aliphatic heterocycles. The molecule has 0 aliphatic carbocycles. The highest BCUT2D eigenvalue weighted by Crippen LogP contribution is 2.44. The lowest BCUT2D eigenvalue weighted by Gasteiger charge is -2.45. The van der Waals surface area contributed by atoms with Crippen LogP contribution < -0.4 is 14.2 Å². The van der Waals surface area contributed by atoms with Gasteiger partial charge in [-0.1, -0.05) is 6.07 Å². The van der Waals surface area contributed by atoms with E-state index in [0.717, 1.165) is 30.3 Å². The highest BCUT2D eigenvalue weighted by atomic mass is 16.8. The average Bonchev–Trinajstić information content (AvgIpc) is 3.31. The number of hydrogen-bond donors (Lipinski definition) is 14. The SMILES string of the molecule is COc1cc(C=CC(=O)OC[C@H]2O[C@@H](Oc3cc4c(O[C@@H]5O[C@H](CO)[C@@H](O)[C@H](O)[C@H]5O)cc(O)cc4[o+]c3-c3ccc(O)c(O)c3)[C@H](O[C@@H]3O[C@H](CO)[C@@H](O)[C@H](O)[C@H]3O)[C@@H](O)[C@@H]2O)ccc1O. The van der Waals surface area contributed by atoms with Gasteiger partial charge in [-0.05, 0) is 35.9 Å². The smallest absolute Gasteiger partial charge is 0.402 e. The lowest BCUT2D eigenvalue weighted by atomic mass is 9.97. The molecule has 14 N–H and O–H groups in total. The maximum Gasteiger partial charge on any atom is 0.402 e. The molecule has 3 aliphatic rings. The highest BCUT2D eigenvalue weighted by molar-refractivity contribution is 5.89. The van der Waals surface area contributed by atoms with E-state index in [-0.39, 0.29) is 39.5 Å². The molecule has 15 atom stereocenters. The molecule has 0 saturated carbocycles. The maximum atomic E-state index is 12.9. The Bertz CT molecular complexity index is 2390. The number of methoxy groups -OCH3 is 1. The Balaban J connectivity index is 1.27. The van der Waals surface area contributed by atoms with Gasteiger partial charge in [0.1, 0.15) is 90.6 Å². The summed E-state index contributed by atoms with van der Waals surface area (Å²) >= 11 is 0. The number of phenols is 4. The van der Waals surface area contributed by atoms with Crippen LogP contribution in [0, 0.1) is 0 Å². The van der Waals surface area contributed by atoms with Crippen LogP contribution in [0.25, 0.3) is 28.4 Å². The van der Waals surface area contributed by atoms with Gasteiger partial charge in [-0.2, -0.15) is 0 Å². The average molecular weight is 950 g/mol. The second-order valence-electron chi connectivity index (χ2n) is 15.6. The van der Waals surface area contributed by atoms with Gasteiger partial charge >= 0.3 is 17.3 Å². The number of fused-ring (bicyclic) bond motifs is 1. The van der Waals surface area contributed by atoms with E-state index >= 15 is 0 Å². The van der Waals surface area contributed by atoms with Crippen molar-refractivity contribution in [3.8, 4) is 51.6 Å². The molecule has 24 heteroatoms. The molecule has 0 amide bonds. The van der Waals surface area contributed by atoms with E-state index in [1.165, 1.54) is 43.5 Å². The Hall–Kier alpha value is -5.68. The summed E-state index contributed by atoms with van der Waals surface area (Å²) in [5, 5.41) is 147. The number of carbonyl (C=O) groups excluding carboxylic acids is 1. The summed E-state index contributed by atoms with van der Waals surface area (Å²) in [6, 6.07) is 11.0. The van der Waals surface area contributed by atoms with Crippen molar-refractivity contribution in [2.75, 3.05) is 26.9 Å². The van der Waals surface area contributed by atoms with E-state index in [1.54, 1.807) is 0 Å². The third-order valence-electron chi connectivity index (χ3n) is 11.2. The largest absolute Gasteiger partial charge is 0.507 e. The molecule has 0 unspecified atom stereocenters. The number of carbonyl (C=O) groups is 1. The first-order valence-electron chi connectivity index (χ1n) is 20.4. The minimum Gasteiger partial charge on any atom is -0.507 e. The Morgan fingerprint density at radius 3 is 1.90 bits per heavy atom. The first-order chi connectivity index (χ1) is 31.9. The fourth-order valence-corrected chi connectivity index (χ4v) is 7.43. The van der Waals surface area contributed by atoms with Gasteiger partial charge in [0.25, 0.3) is 0 Å². The van der Waals surface area contributed by atoms with Crippen LogP contribution in [-0.2, 0) is 28.5 Å². The summed E-state index contributed by atoms with van der Waals surface area (Å²) in [6.45, 7) is -2.43. The lowest BCUT2D eigenvalue weighted by molar-refractivity contribution is -0.357. The molecule has 24 nitrogen and oxygen atoms in total. The molecule has 67 heavy (non-hydrogen) atoms. The van der Waals surface area contributed by atoms with Crippen molar-refractivity contribution >= 4 is 23.0 Å². The monoisotopic (exact) mass is 949 g/mol. The molecule has 7 rings (SSSR count). The van der Waals surface area contributed by atoms with Crippen LogP contribution in [0.1, 0.15) is 5.56 Å². The van der Waals surface area contributed by atoms with Gasteiger partial charge in [0.05, 0.1) is 32.0 Å². The van der Waals surface area contributed by atoms with Crippen molar-refractivity contribution in [3.63, 3.8) is 0 Å². The quantitative estimate of drug-likeness (QED) is 0.0272. The number of benzene rings is 3. The second-order valence-corrected chi connectivity index (χ2v) is 15.6. The van der Waals surface area contributed by atoms with Crippen LogP contribution in [0.5, 0.6) is 40.2 Å². The molecule has 0 bridgehead atoms. The van der Waals surface area contributed by atoms with Crippen molar-refractivity contribution < 1.29 is 119 Å². The van der Waals surface area contributed by atoms with Crippen molar-refractivity contribution in [3.05, 3.63) is 66.2 Å². The summed E-state index contributed by atoms with van der Waals surface area (Å²) in [5.74, 6) is -3.70. The maximum absolute atomic E-state index is 12.9. The Morgan fingerprint density at radius 1 is 0.627 bits per heavy atom. The van der Waals surface area contributed by atoms with Gasteiger partial charge in [-0.15, -0.1) is 0 Å². The Morgan fingerprint density at radius 2 is 1.24 bits per heavy atom. The van der Waals surface area contributed by atoms with Gasteiger partial charge in [-0.3, -0.25) is 0 Å². The molecule has 3 saturated heterocycles. The van der Waals surface area contributed by atoms with Crippen LogP contribution in [0.2, 0.25) is 0 Å². The van der Waals surface area contributed by atoms with Crippen molar-refractivity contribution in [1.82, 2.24) is 0 Å². The number of hydrogen-bond acceptors (Lipinski definition) is 23. The Kier molecular flexibility index (Phi) is 15.2. The first kappa shape index (κ1) is 49.2. The zero-order valence-electron chi connectivity index (χ0n) is 35.0. The number of ether oxygens (including phenoxy) is 8. The third-order valence-corrected chi connectivity index (χ3v) is 11.2. The lowest BCUT2D eigenvalue weighted by Crippen LogP contribution is -2.65. The number of aliphatic hydroxyl groups is 10. The summed E-state index contributed by atoms with van der Waals surface area (Å²) in [4.78, 5) is 12.9. The number of phenolic OH excluding ortho intramolecular Hbond substituents is 4. The molecule has 364 valence electrons. The normalized spacial score (nSPS) is 32.3. The zero-order chi connectivity index (χ0) is 48.4. The molecule has 1 aromatic heterocycles. The number of esters is 1. The summed E-state index contributed by atoms with van der Waals surface area (Å²) in [6.07, 6.45) is -25.3.